The smallest absolute Gasteiger partial charge is 0.139 e. The fraction of sp³-hybridized carbons (Fsp3) is 0.692. The van der Waals surface area contributed by atoms with Gasteiger partial charge in [0, 0.05) is 25.6 Å². The van der Waals surface area contributed by atoms with Crippen LogP contribution >= 0.6 is 0 Å². The lowest BCUT2D eigenvalue weighted by Crippen LogP contribution is -2.31. The first-order chi connectivity index (χ1) is 8.15. The second kappa shape index (κ2) is 5.45. The van der Waals surface area contributed by atoms with Crippen LogP contribution in [-0.4, -0.2) is 28.7 Å². The minimum Gasteiger partial charge on any atom is -0.316 e. The summed E-state index contributed by atoms with van der Waals surface area (Å²) >= 11 is 0. The first-order valence-corrected chi connectivity index (χ1v) is 6.37. The summed E-state index contributed by atoms with van der Waals surface area (Å²) in [4.78, 5) is 12.0. The van der Waals surface area contributed by atoms with Gasteiger partial charge in [0.15, 0.2) is 0 Å². The number of piperidine rings is 1. The van der Waals surface area contributed by atoms with Gasteiger partial charge in [-0.15, -0.1) is 0 Å². The van der Waals surface area contributed by atoms with E-state index in [4.69, 9.17) is 0 Å². The van der Waals surface area contributed by atoms with Gasteiger partial charge in [-0.2, -0.15) is 5.10 Å². The van der Waals surface area contributed by atoms with Gasteiger partial charge < -0.3 is 5.32 Å². The van der Waals surface area contributed by atoms with Gasteiger partial charge in [-0.3, -0.25) is 9.48 Å². The van der Waals surface area contributed by atoms with Gasteiger partial charge in [0.05, 0.1) is 5.69 Å². The molecule has 1 aromatic rings. The third-order valence-electron chi connectivity index (χ3n) is 3.39. The van der Waals surface area contributed by atoms with Crippen LogP contribution in [0.25, 0.3) is 0 Å². The molecule has 2 rings (SSSR count). The Balaban J connectivity index is 1.86. The van der Waals surface area contributed by atoms with Crippen LogP contribution in [0.1, 0.15) is 30.7 Å². The number of carbonyl (C=O) groups excluding carboxylic acids is 1. The molecule has 0 bridgehead atoms. The molecule has 4 nitrogen and oxygen atoms in total. The van der Waals surface area contributed by atoms with Crippen LogP contribution in [0, 0.1) is 12.8 Å². The minimum atomic E-state index is 0.335. The van der Waals surface area contributed by atoms with Crippen molar-refractivity contribution in [1.82, 2.24) is 15.1 Å². The number of hydrogen-bond acceptors (Lipinski definition) is 3. The first kappa shape index (κ1) is 12.3. The Kier molecular flexibility index (Phi) is 3.94. The Labute approximate surface area is 102 Å². The van der Waals surface area contributed by atoms with Crippen LogP contribution in [0.4, 0.5) is 0 Å². The van der Waals surface area contributed by atoms with E-state index < -0.39 is 0 Å². The molecule has 1 aromatic heterocycles. The van der Waals surface area contributed by atoms with E-state index in [2.05, 4.69) is 10.4 Å². The van der Waals surface area contributed by atoms with E-state index in [1.54, 1.807) is 0 Å². The third-order valence-corrected chi connectivity index (χ3v) is 3.39. The Hall–Kier alpha value is -1.16. The third kappa shape index (κ3) is 3.40. The van der Waals surface area contributed by atoms with Crippen LogP contribution in [0.3, 0.4) is 0 Å². The molecule has 0 spiro atoms. The maximum atomic E-state index is 12.0. The van der Waals surface area contributed by atoms with Crippen molar-refractivity contribution < 1.29 is 4.79 Å². The number of carbonyl (C=O) groups is 1. The molecule has 0 radical (unpaired) electrons. The standard InChI is InChI=1S/C13H21N3O/c1-10-6-12(16(2)15-10)8-13(17)7-11-4-3-5-14-9-11/h6,11,14H,3-5,7-9H2,1-2H3. The van der Waals surface area contributed by atoms with Gasteiger partial charge in [0.1, 0.15) is 5.78 Å². The van der Waals surface area contributed by atoms with Crippen molar-refractivity contribution in [3.63, 3.8) is 0 Å². The van der Waals surface area contributed by atoms with Crippen LogP contribution in [0.15, 0.2) is 6.07 Å². The first-order valence-electron chi connectivity index (χ1n) is 6.37. The molecule has 17 heavy (non-hydrogen) atoms. The summed E-state index contributed by atoms with van der Waals surface area (Å²) in [5.74, 6) is 0.868. The van der Waals surface area contributed by atoms with Gasteiger partial charge in [-0.25, -0.2) is 0 Å². The highest BCUT2D eigenvalue weighted by Gasteiger charge is 2.17. The van der Waals surface area contributed by atoms with E-state index in [9.17, 15) is 4.79 Å². The zero-order valence-electron chi connectivity index (χ0n) is 10.7. The van der Waals surface area contributed by atoms with Gasteiger partial charge in [0.2, 0.25) is 0 Å². The molecule has 2 heterocycles. The number of nitrogens with one attached hydrogen (secondary N) is 1. The van der Waals surface area contributed by atoms with Gasteiger partial charge in [-0.1, -0.05) is 0 Å². The van der Waals surface area contributed by atoms with Gasteiger partial charge >= 0.3 is 0 Å². The average Bonchev–Trinajstić information content (AvgIpc) is 2.58. The number of ketones is 1. The molecule has 94 valence electrons. The predicted molar refractivity (Wildman–Crippen MR) is 66.9 cm³/mol. The summed E-state index contributed by atoms with van der Waals surface area (Å²) < 4.78 is 1.81. The molecule has 1 atom stereocenters. The largest absolute Gasteiger partial charge is 0.316 e. The van der Waals surface area contributed by atoms with Crippen molar-refractivity contribution in [3.05, 3.63) is 17.5 Å². The highest BCUT2D eigenvalue weighted by molar-refractivity contribution is 5.80. The molecule has 4 heteroatoms. The van der Waals surface area contributed by atoms with Crippen LogP contribution in [0.5, 0.6) is 0 Å². The molecule has 1 aliphatic rings. The number of Topliss-reactive ketones (excluding diaryl/α,β-unsaturated/α-hetero) is 1. The normalized spacial score (nSPS) is 20.5. The van der Waals surface area contributed by atoms with Crippen LogP contribution in [0.2, 0.25) is 0 Å². The number of aryl methyl sites for hydroxylation is 2. The second-order valence-electron chi connectivity index (χ2n) is 5.03. The van der Waals surface area contributed by atoms with Crippen LogP contribution in [-0.2, 0) is 18.3 Å². The van der Waals surface area contributed by atoms with E-state index in [-0.39, 0.29) is 0 Å². The molecule has 0 amide bonds. The second-order valence-corrected chi connectivity index (χ2v) is 5.03. The Morgan fingerprint density at radius 3 is 3.06 bits per heavy atom. The Morgan fingerprint density at radius 2 is 2.47 bits per heavy atom. The summed E-state index contributed by atoms with van der Waals surface area (Å²) in [6.07, 6.45) is 3.61. The lowest BCUT2D eigenvalue weighted by Gasteiger charge is -2.21. The monoisotopic (exact) mass is 235 g/mol. The van der Waals surface area contributed by atoms with E-state index in [1.807, 2.05) is 24.7 Å². The van der Waals surface area contributed by atoms with Crippen molar-refractivity contribution in [3.8, 4) is 0 Å². The van der Waals surface area contributed by atoms with E-state index in [0.29, 0.717) is 24.5 Å². The summed E-state index contributed by atoms with van der Waals surface area (Å²) in [7, 11) is 1.90. The number of aromatic nitrogens is 2. The Bertz CT molecular complexity index is 391. The number of nitrogens with zero attached hydrogens (tertiary/aromatic N) is 2. The minimum absolute atomic E-state index is 0.335. The Morgan fingerprint density at radius 1 is 1.65 bits per heavy atom. The molecule has 1 unspecified atom stereocenters. The van der Waals surface area contributed by atoms with Crippen molar-refractivity contribution in [2.24, 2.45) is 13.0 Å². The molecule has 1 aliphatic heterocycles. The summed E-state index contributed by atoms with van der Waals surface area (Å²) in [6.45, 7) is 4.06. The summed E-state index contributed by atoms with van der Waals surface area (Å²) in [5.41, 5.74) is 2.01. The SMILES string of the molecule is Cc1cc(CC(=O)CC2CCCNC2)n(C)n1. The fourth-order valence-corrected chi connectivity index (χ4v) is 2.52. The van der Waals surface area contributed by atoms with Gasteiger partial charge in [0.25, 0.3) is 0 Å². The zero-order valence-corrected chi connectivity index (χ0v) is 10.7. The van der Waals surface area contributed by atoms with E-state index in [1.165, 1.54) is 12.8 Å². The number of rotatable bonds is 4. The maximum Gasteiger partial charge on any atom is 0.139 e. The molecule has 0 aromatic carbocycles. The van der Waals surface area contributed by atoms with Crippen molar-refractivity contribution in [2.75, 3.05) is 13.1 Å². The molecule has 1 N–H and O–H groups in total. The zero-order chi connectivity index (χ0) is 12.3. The lowest BCUT2D eigenvalue weighted by atomic mass is 9.93. The lowest BCUT2D eigenvalue weighted by molar-refractivity contribution is -0.119. The van der Waals surface area contributed by atoms with E-state index >= 15 is 0 Å². The highest BCUT2D eigenvalue weighted by atomic mass is 16.1. The maximum absolute atomic E-state index is 12.0. The molecular weight excluding hydrogens is 214 g/mol. The molecular formula is C13H21N3O. The van der Waals surface area contributed by atoms with Gasteiger partial charge in [-0.05, 0) is 44.8 Å². The molecule has 0 saturated carbocycles. The average molecular weight is 235 g/mol. The molecule has 1 saturated heterocycles. The van der Waals surface area contributed by atoms with Crippen molar-refractivity contribution in [2.45, 2.75) is 32.6 Å². The van der Waals surface area contributed by atoms with E-state index in [0.717, 1.165) is 24.5 Å². The van der Waals surface area contributed by atoms with Crippen molar-refractivity contribution >= 4 is 5.78 Å². The van der Waals surface area contributed by atoms with Crippen LogP contribution < -0.4 is 5.32 Å². The summed E-state index contributed by atoms with van der Waals surface area (Å²) in [6, 6.07) is 2.00. The topological polar surface area (TPSA) is 46.9 Å². The number of hydrogen-bond donors (Lipinski definition) is 1. The predicted octanol–water partition coefficient (Wildman–Crippen LogP) is 1.23. The summed E-state index contributed by atoms with van der Waals surface area (Å²) in [5, 5.41) is 7.61. The quantitative estimate of drug-likeness (QED) is 0.854. The van der Waals surface area contributed by atoms with Crippen molar-refractivity contribution in [1.29, 1.82) is 0 Å². The molecule has 0 aliphatic carbocycles. The highest BCUT2D eigenvalue weighted by Crippen LogP contribution is 2.15. The fourth-order valence-electron chi connectivity index (χ4n) is 2.52. The molecule has 1 fully saturated rings.